The summed E-state index contributed by atoms with van der Waals surface area (Å²) in [5, 5.41) is 3.31. The van der Waals surface area contributed by atoms with E-state index >= 15 is 0 Å². The zero-order chi connectivity index (χ0) is 17.2. The molecule has 1 unspecified atom stereocenters. The molecule has 1 saturated carbocycles. The van der Waals surface area contributed by atoms with Crippen LogP contribution < -0.4 is 10.2 Å². The second kappa shape index (κ2) is 5.38. The van der Waals surface area contributed by atoms with Crippen molar-refractivity contribution in [3.05, 3.63) is 18.5 Å². The molecule has 0 radical (unpaired) electrons. The van der Waals surface area contributed by atoms with E-state index in [0.717, 1.165) is 13.1 Å². The number of piperidine rings is 1. The van der Waals surface area contributed by atoms with Crippen LogP contribution in [0.1, 0.15) is 0 Å². The number of rotatable bonds is 2. The first-order chi connectivity index (χ1) is 12.1. The Hall–Kier alpha value is -1.74. The molecular weight excluding hydrogens is 342 g/mol. The maximum Gasteiger partial charge on any atom is 0.226 e. The smallest absolute Gasteiger partial charge is 0.226 e. The molecule has 9 heteroatoms. The van der Waals surface area contributed by atoms with E-state index in [2.05, 4.69) is 15.3 Å². The molecule has 0 bridgehead atoms. The second-order valence-electron chi connectivity index (χ2n) is 7.50. The summed E-state index contributed by atoms with van der Waals surface area (Å²) in [5.41, 5.74) is 0. The van der Waals surface area contributed by atoms with Crippen LogP contribution in [0, 0.1) is 17.8 Å². The maximum atomic E-state index is 13.0. The number of amides is 1. The summed E-state index contributed by atoms with van der Waals surface area (Å²) in [6.45, 7) is 2.93. The second-order valence-corrected chi connectivity index (χ2v) is 9.65. The lowest BCUT2D eigenvalue weighted by Gasteiger charge is -2.44. The van der Waals surface area contributed by atoms with Crippen molar-refractivity contribution in [1.82, 2.24) is 20.2 Å². The van der Waals surface area contributed by atoms with Gasteiger partial charge in [-0.25, -0.2) is 18.4 Å². The first-order valence-electron chi connectivity index (χ1n) is 8.80. The number of hydrogen-bond acceptors (Lipinski definition) is 7. The van der Waals surface area contributed by atoms with Gasteiger partial charge >= 0.3 is 0 Å². The van der Waals surface area contributed by atoms with Gasteiger partial charge in [0.15, 0.2) is 9.84 Å². The quantitative estimate of drug-likeness (QED) is 0.702. The minimum Gasteiger partial charge on any atom is -0.335 e. The van der Waals surface area contributed by atoms with Crippen LogP contribution in [-0.4, -0.2) is 79.0 Å². The van der Waals surface area contributed by atoms with Gasteiger partial charge in [0.05, 0.1) is 23.6 Å². The molecule has 1 aromatic rings. The molecule has 4 heterocycles. The molecule has 3 saturated heterocycles. The lowest BCUT2D eigenvalue weighted by molar-refractivity contribution is -0.136. The molecule has 3 aliphatic heterocycles. The van der Waals surface area contributed by atoms with Gasteiger partial charge in [0.25, 0.3) is 0 Å². The fourth-order valence-corrected chi connectivity index (χ4v) is 6.87. The Balaban J connectivity index is 1.42. The highest BCUT2D eigenvalue weighted by molar-refractivity contribution is 7.91. The molecule has 1 aromatic heterocycles. The first kappa shape index (κ1) is 15.5. The zero-order valence-corrected chi connectivity index (χ0v) is 14.6. The molecule has 0 aromatic carbocycles. The molecule has 0 spiro atoms. The van der Waals surface area contributed by atoms with Gasteiger partial charge in [-0.2, -0.15) is 0 Å². The minimum atomic E-state index is -3.16. The van der Waals surface area contributed by atoms with Gasteiger partial charge in [0.2, 0.25) is 11.9 Å². The van der Waals surface area contributed by atoms with Crippen molar-refractivity contribution in [2.45, 2.75) is 12.1 Å². The lowest BCUT2D eigenvalue weighted by atomic mass is 10.0. The van der Waals surface area contributed by atoms with Crippen molar-refractivity contribution in [3.63, 3.8) is 0 Å². The Morgan fingerprint density at radius 2 is 1.76 bits per heavy atom. The van der Waals surface area contributed by atoms with Crippen molar-refractivity contribution in [3.8, 4) is 0 Å². The van der Waals surface area contributed by atoms with Crippen molar-refractivity contribution in [2.75, 3.05) is 42.6 Å². The molecule has 1 aliphatic carbocycles. The third-order valence-electron chi connectivity index (χ3n) is 6.14. The van der Waals surface area contributed by atoms with Crippen LogP contribution in [0.3, 0.4) is 0 Å². The van der Waals surface area contributed by atoms with E-state index in [-0.39, 0.29) is 35.4 Å². The van der Waals surface area contributed by atoms with E-state index in [0.29, 0.717) is 30.9 Å². The largest absolute Gasteiger partial charge is 0.335 e. The Kier molecular flexibility index (Phi) is 3.34. The van der Waals surface area contributed by atoms with Gasteiger partial charge in [-0.1, -0.05) is 0 Å². The van der Waals surface area contributed by atoms with E-state index in [1.54, 1.807) is 18.5 Å². The summed E-state index contributed by atoms with van der Waals surface area (Å²) in [6.07, 6.45) is 3.33. The van der Waals surface area contributed by atoms with Crippen LogP contribution in [0.2, 0.25) is 0 Å². The highest BCUT2D eigenvalue weighted by Crippen LogP contribution is 2.50. The van der Waals surface area contributed by atoms with E-state index < -0.39 is 9.84 Å². The van der Waals surface area contributed by atoms with E-state index in [9.17, 15) is 13.2 Å². The van der Waals surface area contributed by atoms with Gasteiger partial charge in [0, 0.05) is 31.4 Å². The molecule has 4 aliphatic rings. The molecule has 8 nitrogen and oxygen atoms in total. The Bertz CT molecular complexity index is 791. The number of anilines is 1. The molecule has 1 amide bonds. The zero-order valence-electron chi connectivity index (χ0n) is 13.8. The molecule has 4 fully saturated rings. The highest BCUT2D eigenvalue weighted by Gasteiger charge is 2.60. The fourth-order valence-electron chi connectivity index (χ4n) is 4.89. The van der Waals surface area contributed by atoms with E-state index in [1.165, 1.54) is 0 Å². The van der Waals surface area contributed by atoms with Crippen molar-refractivity contribution >= 4 is 21.7 Å². The fraction of sp³-hybridized carbons (Fsp3) is 0.688. The van der Waals surface area contributed by atoms with Gasteiger partial charge in [0.1, 0.15) is 0 Å². The number of nitrogens with one attached hydrogen (secondary N) is 1. The van der Waals surface area contributed by atoms with Crippen LogP contribution in [0.4, 0.5) is 5.95 Å². The monoisotopic (exact) mass is 363 g/mol. The van der Waals surface area contributed by atoms with E-state index in [1.807, 2.05) is 9.80 Å². The van der Waals surface area contributed by atoms with Crippen molar-refractivity contribution in [1.29, 1.82) is 0 Å². The third kappa shape index (κ3) is 2.43. The predicted molar refractivity (Wildman–Crippen MR) is 90.7 cm³/mol. The standard InChI is InChI=1S/C16H21N5O3S/c22-15(14-10-6-17-7-11(10)14)20-4-5-21(16-18-2-1-3-19-16)13-9-25(23,24)8-12(13)20/h1-3,10-14,17H,4-9H2/t10-,11+,12-,13+,14?/m0/s1. The van der Waals surface area contributed by atoms with Crippen LogP contribution in [0.25, 0.3) is 0 Å². The number of aromatic nitrogens is 2. The van der Waals surface area contributed by atoms with Gasteiger partial charge in [-0.05, 0) is 31.0 Å². The van der Waals surface area contributed by atoms with Crippen LogP contribution in [-0.2, 0) is 14.6 Å². The Morgan fingerprint density at radius 3 is 2.48 bits per heavy atom. The third-order valence-corrected chi connectivity index (χ3v) is 7.84. The number of sulfone groups is 1. The summed E-state index contributed by atoms with van der Waals surface area (Å²) in [7, 11) is -3.16. The molecule has 5 atom stereocenters. The number of fused-ring (bicyclic) bond motifs is 2. The molecule has 5 rings (SSSR count). The summed E-state index contributed by atoms with van der Waals surface area (Å²) >= 11 is 0. The van der Waals surface area contributed by atoms with Crippen LogP contribution in [0.15, 0.2) is 18.5 Å². The van der Waals surface area contributed by atoms with Gasteiger partial charge in [-0.3, -0.25) is 4.79 Å². The van der Waals surface area contributed by atoms with Gasteiger partial charge in [-0.15, -0.1) is 0 Å². The summed E-state index contributed by atoms with van der Waals surface area (Å²) in [6, 6.07) is 1.21. The topological polar surface area (TPSA) is 95.5 Å². The predicted octanol–water partition coefficient (Wildman–Crippen LogP) is -1.24. The number of piperazine rings is 1. The average Bonchev–Trinajstić information content (AvgIpc) is 2.91. The number of carbonyl (C=O) groups excluding carboxylic acids is 1. The van der Waals surface area contributed by atoms with Gasteiger partial charge < -0.3 is 15.1 Å². The molecule has 1 N–H and O–H groups in total. The minimum absolute atomic E-state index is 0.0487. The highest BCUT2D eigenvalue weighted by atomic mass is 32.2. The number of hydrogen-bond donors (Lipinski definition) is 1. The Morgan fingerprint density at radius 1 is 1.08 bits per heavy atom. The van der Waals surface area contributed by atoms with Crippen LogP contribution in [0.5, 0.6) is 0 Å². The molecule has 25 heavy (non-hydrogen) atoms. The maximum absolute atomic E-state index is 13.0. The number of carbonyl (C=O) groups is 1. The summed E-state index contributed by atoms with van der Waals surface area (Å²) in [5.74, 6) is 1.79. The normalized spacial score (nSPS) is 38.3. The van der Waals surface area contributed by atoms with E-state index in [4.69, 9.17) is 0 Å². The number of nitrogens with zero attached hydrogens (tertiary/aromatic N) is 4. The Labute approximate surface area is 146 Å². The average molecular weight is 363 g/mol. The van der Waals surface area contributed by atoms with Crippen molar-refractivity contribution < 1.29 is 13.2 Å². The van der Waals surface area contributed by atoms with Crippen molar-refractivity contribution in [2.24, 2.45) is 17.8 Å². The first-order valence-corrected chi connectivity index (χ1v) is 10.6. The molecule has 134 valence electrons. The summed E-state index contributed by atoms with van der Waals surface area (Å²) < 4.78 is 24.6. The van der Waals surface area contributed by atoms with Crippen LogP contribution >= 0.6 is 0 Å². The summed E-state index contributed by atoms with van der Waals surface area (Å²) in [4.78, 5) is 25.4. The SMILES string of the molecule is O=C(C1[C@H]2CNC[C@@H]12)N1CCN(c2ncccn2)[C@@H]2CS(=O)(=O)C[C@@H]21. The lowest BCUT2D eigenvalue weighted by Crippen LogP contribution is -2.61. The molecular formula is C16H21N5O3S.